The van der Waals surface area contributed by atoms with Gasteiger partial charge in [-0.1, -0.05) is 30.3 Å². The van der Waals surface area contributed by atoms with Crippen molar-refractivity contribution in [1.82, 2.24) is 4.98 Å². The summed E-state index contributed by atoms with van der Waals surface area (Å²) in [6.07, 6.45) is 2.66. The molecule has 0 saturated heterocycles. The summed E-state index contributed by atoms with van der Waals surface area (Å²) in [5.41, 5.74) is 5.58. The fraction of sp³-hybridized carbons (Fsp3) is 0.235. The first kappa shape index (κ1) is 11.9. The number of nitrogens with zero attached hydrogens (tertiary/aromatic N) is 1. The van der Waals surface area contributed by atoms with Gasteiger partial charge in [-0.05, 0) is 42.5 Å². The van der Waals surface area contributed by atoms with Crippen LogP contribution in [-0.4, -0.2) is 4.98 Å². The van der Waals surface area contributed by atoms with E-state index in [0.717, 1.165) is 11.4 Å². The monoisotopic (exact) mass is 280 g/mol. The zero-order valence-electron chi connectivity index (χ0n) is 11.1. The molecule has 1 saturated carbocycles. The molecule has 4 rings (SSSR count). The van der Waals surface area contributed by atoms with Gasteiger partial charge in [0.2, 0.25) is 0 Å². The predicted octanol–water partition coefficient (Wildman–Crippen LogP) is 4.86. The zero-order chi connectivity index (χ0) is 13.4. The molecule has 0 bridgehead atoms. The molecule has 2 nitrogen and oxygen atoms in total. The molecule has 0 amide bonds. The van der Waals surface area contributed by atoms with E-state index in [1.165, 1.54) is 28.8 Å². The molecule has 0 radical (unpaired) electrons. The molecule has 1 aliphatic carbocycles. The number of rotatable bonds is 4. The summed E-state index contributed by atoms with van der Waals surface area (Å²) >= 11 is 1.70. The van der Waals surface area contributed by atoms with Crippen molar-refractivity contribution in [3.05, 3.63) is 59.6 Å². The minimum atomic E-state index is 0.432. The largest absolute Gasteiger partial charge is 0.378 e. The Morgan fingerprint density at radius 2 is 1.95 bits per heavy atom. The van der Waals surface area contributed by atoms with Crippen LogP contribution < -0.4 is 5.32 Å². The SMILES string of the molecule is c1ccc(C(Nc2ccc3ncsc3c2)C2CC2)cc1. The second-order valence-electron chi connectivity index (χ2n) is 5.40. The van der Waals surface area contributed by atoms with Crippen molar-refractivity contribution in [1.29, 1.82) is 0 Å². The summed E-state index contributed by atoms with van der Waals surface area (Å²) in [7, 11) is 0. The van der Waals surface area contributed by atoms with Gasteiger partial charge in [-0.15, -0.1) is 11.3 Å². The van der Waals surface area contributed by atoms with Crippen LogP contribution in [-0.2, 0) is 0 Å². The molecule has 1 N–H and O–H groups in total. The Bertz CT molecular complexity index is 716. The minimum absolute atomic E-state index is 0.432. The van der Waals surface area contributed by atoms with Crippen molar-refractivity contribution in [2.45, 2.75) is 18.9 Å². The van der Waals surface area contributed by atoms with E-state index < -0.39 is 0 Å². The maximum absolute atomic E-state index is 4.34. The molecular formula is C17H16N2S. The van der Waals surface area contributed by atoms with Gasteiger partial charge in [0.25, 0.3) is 0 Å². The Morgan fingerprint density at radius 3 is 2.75 bits per heavy atom. The minimum Gasteiger partial charge on any atom is -0.378 e. The van der Waals surface area contributed by atoms with Crippen LogP contribution in [0.2, 0.25) is 0 Å². The second kappa shape index (κ2) is 4.91. The van der Waals surface area contributed by atoms with Crippen LogP contribution in [0.15, 0.2) is 54.0 Å². The summed E-state index contributed by atoms with van der Waals surface area (Å²) in [5.74, 6) is 0.773. The predicted molar refractivity (Wildman–Crippen MR) is 85.1 cm³/mol. The third-order valence-electron chi connectivity index (χ3n) is 3.91. The van der Waals surface area contributed by atoms with Gasteiger partial charge < -0.3 is 5.32 Å². The van der Waals surface area contributed by atoms with Crippen LogP contribution >= 0.6 is 11.3 Å². The number of aromatic nitrogens is 1. The highest BCUT2D eigenvalue weighted by Crippen LogP contribution is 2.43. The average Bonchev–Trinajstić information content (AvgIpc) is 3.23. The maximum atomic E-state index is 4.34. The lowest BCUT2D eigenvalue weighted by molar-refractivity contribution is 0.679. The standard InChI is InChI=1S/C17H16N2S/c1-2-4-12(5-3-1)17(13-6-7-13)19-14-8-9-15-16(10-14)20-11-18-15/h1-5,8-11,13,17,19H,6-7H2. The van der Waals surface area contributed by atoms with Gasteiger partial charge in [0.1, 0.15) is 0 Å². The molecule has 2 aromatic carbocycles. The molecule has 1 aromatic heterocycles. The smallest absolute Gasteiger partial charge is 0.0813 e. The molecule has 1 atom stereocenters. The van der Waals surface area contributed by atoms with Gasteiger partial charge in [-0.3, -0.25) is 0 Å². The molecule has 0 spiro atoms. The van der Waals surface area contributed by atoms with Crippen molar-refractivity contribution in [2.24, 2.45) is 5.92 Å². The van der Waals surface area contributed by atoms with Crippen molar-refractivity contribution < 1.29 is 0 Å². The first-order chi connectivity index (χ1) is 9.90. The summed E-state index contributed by atoms with van der Waals surface area (Å²) in [6, 6.07) is 17.7. The van der Waals surface area contributed by atoms with E-state index in [0.29, 0.717) is 6.04 Å². The Morgan fingerprint density at radius 1 is 1.10 bits per heavy atom. The lowest BCUT2D eigenvalue weighted by Gasteiger charge is -2.20. The van der Waals surface area contributed by atoms with Crippen molar-refractivity contribution in [3.63, 3.8) is 0 Å². The second-order valence-corrected chi connectivity index (χ2v) is 6.29. The van der Waals surface area contributed by atoms with Crippen LogP contribution in [0.3, 0.4) is 0 Å². The third kappa shape index (κ3) is 2.29. The lowest BCUT2D eigenvalue weighted by Crippen LogP contribution is -2.12. The normalized spacial score (nSPS) is 16.2. The molecule has 3 heteroatoms. The van der Waals surface area contributed by atoms with Crippen LogP contribution in [0, 0.1) is 5.92 Å². The molecule has 3 aromatic rings. The quantitative estimate of drug-likeness (QED) is 0.738. The number of anilines is 1. The summed E-state index contributed by atoms with van der Waals surface area (Å²) in [6.45, 7) is 0. The molecule has 20 heavy (non-hydrogen) atoms. The van der Waals surface area contributed by atoms with E-state index in [4.69, 9.17) is 0 Å². The van der Waals surface area contributed by atoms with Crippen LogP contribution in [0.4, 0.5) is 5.69 Å². The molecule has 100 valence electrons. The first-order valence-electron chi connectivity index (χ1n) is 7.05. The van der Waals surface area contributed by atoms with E-state index in [9.17, 15) is 0 Å². The molecule has 1 unspecified atom stereocenters. The number of fused-ring (bicyclic) bond motifs is 1. The number of hydrogen-bond donors (Lipinski definition) is 1. The maximum Gasteiger partial charge on any atom is 0.0813 e. The van der Waals surface area contributed by atoms with E-state index in [1.807, 2.05) is 5.51 Å². The number of nitrogens with one attached hydrogen (secondary N) is 1. The number of thiazole rings is 1. The average molecular weight is 280 g/mol. The molecule has 1 heterocycles. The van der Waals surface area contributed by atoms with Crippen LogP contribution in [0.25, 0.3) is 10.2 Å². The fourth-order valence-electron chi connectivity index (χ4n) is 2.69. The highest BCUT2D eigenvalue weighted by molar-refractivity contribution is 7.16. The first-order valence-corrected chi connectivity index (χ1v) is 7.93. The molecule has 1 aliphatic rings. The van der Waals surface area contributed by atoms with E-state index in [-0.39, 0.29) is 0 Å². The fourth-order valence-corrected chi connectivity index (χ4v) is 3.40. The Kier molecular flexibility index (Phi) is 2.92. The topological polar surface area (TPSA) is 24.9 Å². The molecular weight excluding hydrogens is 264 g/mol. The Balaban J connectivity index is 1.64. The highest BCUT2D eigenvalue weighted by atomic mass is 32.1. The van der Waals surface area contributed by atoms with E-state index in [1.54, 1.807) is 11.3 Å². The van der Waals surface area contributed by atoms with Gasteiger partial charge in [-0.2, -0.15) is 0 Å². The van der Waals surface area contributed by atoms with Gasteiger partial charge >= 0.3 is 0 Å². The van der Waals surface area contributed by atoms with Crippen LogP contribution in [0.1, 0.15) is 24.4 Å². The summed E-state index contributed by atoms with van der Waals surface area (Å²) in [4.78, 5) is 4.34. The highest BCUT2D eigenvalue weighted by Gasteiger charge is 2.32. The molecule has 0 aliphatic heterocycles. The third-order valence-corrected chi connectivity index (χ3v) is 4.70. The van der Waals surface area contributed by atoms with Gasteiger partial charge in [-0.25, -0.2) is 4.98 Å². The van der Waals surface area contributed by atoms with E-state index >= 15 is 0 Å². The summed E-state index contributed by atoms with van der Waals surface area (Å²) in [5, 5.41) is 3.72. The molecule has 1 fully saturated rings. The zero-order valence-corrected chi connectivity index (χ0v) is 11.9. The lowest BCUT2D eigenvalue weighted by atomic mass is 10.0. The van der Waals surface area contributed by atoms with Crippen LogP contribution in [0.5, 0.6) is 0 Å². The summed E-state index contributed by atoms with van der Waals surface area (Å²) < 4.78 is 1.25. The van der Waals surface area contributed by atoms with Gasteiger partial charge in [0.15, 0.2) is 0 Å². The van der Waals surface area contributed by atoms with E-state index in [2.05, 4.69) is 58.8 Å². The number of benzene rings is 2. The van der Waals surface area contributed by atoms with Gasteiger partial charge in [0, 0.05) is 5.69 Å². The van der Waals surface area contributed by atoms with Crippen molar-refractivity contribution in [2.75, 3.05) is 5.32 Å². The Hall–Kier alpha value is -1.87. The number of hydrogen-bond acceptors (Lipinski definition) is 3. The van der Waals surface area contributed by atoms with Gasteiger partial charge in [0.05, 0.1) is 21.8 Å². The Labute approximate surface area is 122 Å². The van der Waals surface area contributed by atoms with Crippen molar-refractivity contribution in [3.8, 4) is 0 Å². The van der Waals surface area contributed by atoms with Crippen molar-refractivity contribution >= 4 is 27.2 Å².